The second-order valence-electron chi connectivity index (χ2n) is 6.98. The smallest absolute Gasteiger partial charge is 0.341 e. The van der Waals surface area contributed by atoms with Gasteiger partial charge in [-0.1, -0.05) is 25.1 Å². The molecular weight excluding hydrogens is 398 g/mol. The van der Waals surface area contributed by atoms with E-state index in [9.17, 15) is 18.0 Å². The lowest BCUT2D eigenvalue weighted by Crippen LogP contribution is -2.19. The third kappa shape index (κ3) is 4.44. The lowest BCUT2D eigenvalue weighted by Gasteiger charge is -2.18. The van der Waals surface area contributed by atoms with Crippen LogP contribution in [-0.4, -0.2) is 33.2 Å². The molecule has 8 heteroatoms. The van der Waals surface area contributed by atoms with Crippen molar-refractivity contribution in [2.24, 2.45) is 5.92 Å². The van der Waals surface area contributed by atoms with Gasteiger partial charge in [0.2, 0.25) is 5.91 Å². The normalized spacial score (nSPS) is 16.3. The standard InChI is InChI=1S/C20H23NO5S2/c1-13-8-9-15-16(12-13)27-19(18(15)20(23)26-2)21-17(22)10-11-28(24,25)14-6-4-3-5-7-14/h3-7,13H,8-12H2,1-2H3,(H,21,22)/t13-/m1/s1. The van der Waals surface area contributed by atoms with Crippen molar-refractivity contribution in [1.82, 2.24) is 0 Å². The minimum absolute atomic E-state index is 0.184. The van der Waals surface area contributed by atoms with Gasteiger partial charge in [0.15, 0.2) is 9.84 Å². The van der Waals surface area contributed by atoms with Crippen molar-refractivity contribution in [1.29, 1.82) is 0 Å². The first-order valence-electron chi connectivity index (χ1n) is 9.12. The highest BCUT2D eigenvalue weighted by Gasteiger charge is 2.29. The maximum absolute atomic E-state index is 12.4. The Labute approximate surface area is 168 Å². The molecule has 1 aliphatic carbocycles. The van der Waals surface area contributed by atoms with Gasteiger partial charge in [0.25, 0.3) is 0 Å². The van der Waals surface area contributed by atoms with E-state index in [1.54, 1.807) is 18.2 Å². The van der Waals surface area contributed by atoms with Crippen LogP contribution in [0, 0.1) is 5.92 Å². The maximum atomic E-state index is 12.4. The summed E-state index contributed by atoms with van der Waals surface area (Å²) in [5.74, 6) is -0.676. The van der Waals surface area contributed by atoms with E-state index in [-0.39, 0.29) is 17.1 Å². The van der Waals surface area contributed by atoms with Crippen LogP contribution in [0.15, 0.2) is 35.2 Å². The number of hydrogen-bond acceptors (Lipinski definition) is 6. The molecule has 6 nitrogen and oxygen atoms in total. The first-order chi connectivity index (χ1) is 13.3. The molecule has 1 atom stereocenters. The van der Waals surface area contributed by atoms with Gasteiger partial charge in [-0.2, -0.15) is 0 Å². The summed E-state index contributed by atoms with van der Waals surface area (Å²) in [4.78, 5) is 26.0. The number of sulfone groups is 1. The third-order valence-electron chi connectivity index (χ3n) is 4.85. The zero-order valence-electron chi connectivity index (χ0n) is 15.9. The average Bonchev–Trinajstić information content (AvgIpc) is 3.03. The molecule has 1 aromatic carbocycles. The molecule has 1 aromatic heterocycles. The fourth-order valence-electron chi connectivity index (χ4n) is 3.32. The highest BCUT2D eigenvalue weighted by atomic mass is 32.2. The molecule has 3 rings (SSSR count). The van der Waals surface area contributed by atoms with E-state index in [0.29, 0.717) is 16.5 Å². The minimum Gasteiger partial charge on any atom is -0.465 e. The molecule has 150 valence electrons. The number of rotatable bonds is 6. The van der Waals surface area contributed by atoms with Crippen LogP contribution in [0.4, 0.5) is 5.00 Å². The van der Waals surface area contributed by atoms with Crippen LogP contribution < -0.4 is 5.32 Å². The molecule has 28 heavy (non-hydrogen) atoms. The molecule has 0 bridgehead atoms. The fourth-order valence-corrected chi connectivity index (χ4v) is 6.00. The Morgan fingerprint density at radius 1 is 1.25 bits per heavy atom. The lowest BCUT2D eigenvalue weighted by atomic mass is 9.88. The zero-order valence-corrected chi connectivity index (χ0v) is 17.5. The molecule has 0 spiro atoms. The Kier molecular flexibility index (Phi) is 6.20. The Bertz CT molecular complexity index is 980. The van der Waals surface area contributed by atoms with E-state index in [4.69, 9.17) is 4.74 Å². The predicted molar refractivity (Wildman–Crippen MR) is 109 cm³/mol. The van der Waals surface area contributed by atoms with Crippen molar-refractivity contribution in [2.45, 2.75) is 37.5 Å². The summed E-state index contributed by atoms with van der Waals surface area (Å²) in [6.45, 7) is 2.16. The van der Waals surface area contributed by atoms with E-state index in [1.165, 1.54) is 30.6 Å². The van der Waals surface area contributed by atoms with Crippen molar-refractivity contribution in [2.75, 3.05) is 18.2 Å². The monoisotopic (exact) mass is 421 g/mol. The Hall–Kier alpha value is -2.19. The second-order valence-corrected chi connectivity index (χ2v) is 10.2. The maximum Gasteiger partial charge on any atom is 0.341 e. The van der Waals surface area contributed by atoms with Crippen molar-refractivity contribution >= 4 is 38.1 Å². The molecule has 0 aliphatic heterocycles. The molecule has 0 unspecified atom stereocenters. The van der Waals surface area contributed by atoms with Crippen molar-refractivity contribution in [3.63, 3.8) is 0 Å². The van der Waals surface area contributed by atoms with Gasteiger partial charge >= 0.3 is 5.97 Å². The molecular formula is C20H23NO5S2. The Balaban J connectivity index is 1.74. The number of amides is 1. The number of ether oxygens (including phenoxy) is 1. The summed E-state index contributed by atoms with van der Waals surface area (Å²) in [6.07, 6.45) is 2.44. The third-order valence-corrected chi connectivity index (χ3v) is 7.76. The Morgan fingerprint density at radius 3 is 2.64 bits per heavy atom. The fraction of sp³-hybridized carbons (Fsp3) is 0.400. The van der Waals surface area contributed by atoms with Gasteiger partial charge in [-0.3, -0.25) is 4.79 Å². The summed E-state index contributed by atoms with van der Waals surface area (Å²) in [6, 6.07) is 8.05. The summed E-state index contributed by atoms with van der Waals surface area (Å²) in [5, 5.41) is 3.19. The van der Waals surface area contributed by atoms with Crippen molar-refractivity contribution in [3.8, 4) is 0 Å². The summed E-state index contributed by atoms with van der Waals surface area (Å²) in [7, 11) is -2.22. The molecule has 1 amide bonds. The van der Waals surface area contributed by atoms with Gasteiger partial charge in [-0.05, 0) is 42.9 Å². The average molecular weight is 422 g/mol. The number of methoxy groups -OCH3 is 1. The zero-order chi connectivity index (χ0) is 20.3. The molecule has 0 saturated carbocycles. The van der Waals surface area contributed by atoms with Crippen LogP contribution in [0.25, 0.3) is 0 Å². The van der Waals surface area contributed by atoms with Crippen LogP contribution in [0.1, 0.15) is 40.6 Å². The molecule has 2 aromatic rings. The SMILES string of the molecule is COC(=O)c1c(NC(=O)CCS(=O)(=O)c2ccccc2)sc2c1CC[C@@H](C)C2. The number of carbonyl (C=O) groups excluding carboxylic acids is 2. The van der Waals surface area contributed by atoms with Crippen LogP contribution in [0.3, 0.4) is 0 Å². The summed E-state index contributed by atoms with van der Waals surface area (Å²) >= 11 is 1.39. The molecule has 0 radical (unpaired) electrons. The number of benzene rings is 1. The molecule has 1 N–H and O–H groups in total. The van der Waals surface area contributed by atoms with E-state index < -0.39 is 21.7 Å². The van der Waals surface area contributed by atoms with Crippen LogP contribution in [0.5, 0.6) is 0 Å². The van der Waals surface area contributed by atoms with Gasteiger partial charge in [-0.25, -0.2) is 13.2 Å². The van der Waals surface area contributed by atoms with Gasteiger partial charge < -0.3 is 10.1 Å². The first-order valence-corrected chi connectivity index (χ1v) is 11.6. The van der Waals surface area contributed by atoms with Gasteiger partial charge in [0.05, 0.1) is 23.3 Å². The number of fused-ring (bicyclic) bond motifs is 1. The number of hydrogen-bond donors (Lipinski definition) is 1. The second kappa shape index (κ2) is 8.45. The van der Waals surface area contributed by atoms with E-state index in [2.05, 4.69) is 12.2 Å². The van der Waals surface area contributed by atoms with Crippen LogP contribution in [-0.2, 0) is 32.2 Å². The number of anilines is 1. The number of esters is 1. The van der Waals surface area contributed by atoms with Crippen molar-refractivity contribution < 1.29 is 22.7 Å². The molecule has 1 aliphatic rings. The number of carbonyl (C=O) groups is 2. The highest BCUT2D eigenvalue weighted by molar-refractivity contribution is 7.91. The summed E-state index contributed by atoms with van der Waals surface area (Å²) in [5.41, 5.74) is 1.36. The highest BCUT2D eigenvalue weighted by Crippen LogP contribution is 2.40. The molecule has 0 fully saturated rings. The quantitative estimate of drug-likeness (QED) is 0.722. The van der Waals surface area contributed by atoms with Gasteiger partial charge in [0.1, 0.15) is 5.00 Å². The topological polar surface area (TPSA) is 89.5 Å². The lowest BCUT2D eigenvalue weighted by molar-refractivity contribution is -0.115. The Morgan fingerprint density at radius 2 is 1.96 bits per heavy atom. The first kappa shape index (κ1) is 20.5. The van der Waals surface area contributed by atoms with E-state index in [0.717, 1.165) is 29.7 Å². The van der Waals surface area contributed by atoms with Gasteiger partial charge in [0, 0.05) is 11.3 Å². The predicted octanol–water partition coefficient (Wildman–Crippen LogP) is 3.46. The van der Waals surface area contributed by atoms with Crippen LogP contribution >= 0.6 is 11.3 Å². The summed E-state index contributed by atoms with van der Waals surface area (Å²) < 4.78 is 29.6. The van der Waals surface area contributed by atoms with E-state index in [1.807, 2.05) is 0 Å². The molecule has 0 saturated heterocycles. The van der Waals surface area contributed by atoms with Crippen LogP contribution in [0.2, 0.25) is 0 Å². The van der Waals surface area contributed by atoms with Crippen molar-refractivity contribution in [3.05, 3.63) is 46.3 Å². The van der Waals surface area contributed by atoms with Gasteiger partial charge in [-0.15, -0.1) is 11.3 Å². The molecule has 1 heterocycles. The largest absolute Gasteiger partial charge is 0.465 e. The number of thiophene rings is 1. The number of nitrogens with one attached hydrogen (secondary N) is 1. The minimum atomic E-state index is -3.54. The van der Waals surface area contributed by atoms with E-state index >= 15 is 0 Å².